The molecular weight excluding hydrogens is 318 g/mol. The van der Waals surface area contributed by atoms with E-state index in [4.69, 9.17) is 11.6 Å². The summed E-state index contributed by atoms with van der Waals surface area (Å²) in [7, 11) is 2.16. The van der Waals surface area contributed by atoms with Crippen molar-refractivity contribution >= 4 is 27.5 Å². The first-order chi connectivity index (χ1) is 8.59. The minimum absolute atomic E-state index is 0.103. The summed E-state index contributed by atoms with van der Waals surface area (Å²) >= 11 is 8.95. The molecule has 0 aliphatic carbocycles. The number of aryl methyl sites for hydroxylation is 1. The van der Waals surface area contributed by atoms with Crippen molar-refractivity contribution in [3.8, 4) is 0 Å². The van der Waals surface area contributed by atoms with Gasteiger partial charge in [0.05, 0.1) is 6.33 Å². The van der Waals surface area contributed by atoms with E-state index in [-0.39, 0.29) is 10.7 Å². The molecule has 1 aliphatic heterocycles. The maximum absolute atomic E-state index is 11.9. The number of halogens is 2. The predicted molar refractivity (Wildman–Crippen MR) is 76.1 cm³/mol. The molecule has 2 rings (SSSR count). The monoisotopic (exact) mass is 333 g/mol. The number of rotatable bonds is 3. The number of piperidine rings is 1. The first kappa shape index (κ1) is 14.0. The SMILES string of the molecule is CN1CCCCC1CCn1cnc(Cl)c(Br)c1=O. The fourth-order valence-electron chi connectivity index (χ4n) is 2.40. The van der Waals surface area contributed by atoms with Crippen LogP contribution in [0, 0.1) is 0 Å². The van der Waals surface area contributed by atoms with Crippen LogP contribution < -0.4 is 5.56 Å². The van der Waals surface area contributed by atoms with E-state index in [2.05, 4.69) is 32.9 Å². The van der Waals surface area contributed by atoms with Crippen LogP contribution in [0.4, 0.5) is 0 Å². The zero-order chi connectivity index (χ0) is 13.1. The molecule has 0 bridgehead atoms. The zero-order valence-electron chi connectivity index (χ0n) is 10.4. The van der Waals surface area contributed by atoms with Gasteiger partial charge in [-0.15, -0.1) is 0 Å². The highest BCUT2D eigenvalue weighted by Crippen LogP contribution is 2.18. The molecule has 0 amide bonds. The molecule has 0 radical (unpaired) electrons. The van der Waals surface area contributed by atoms with Gasteiger partial charge in [0.25, 0.3) is 5.56 Å². The molecule has 4 nitrogen and oxygen atoms in total. The lowest BCUT2D eigenvalue weighted by Crippen LogP contribution is -2.37. The van der Waals surface area contributed by atoms with Crippen molar-refractivity contribution in [2.24, 2.45) is 0 Å². The van der Waals surface area contributed by atoms with E-state index < -0.39 is 0 Å². The highest BCUT2D eigenvalue weighted by molar-refractivity contribution is 9.10. The minimum Gasteiger partial charge on any atom is -0.303 e. The Morgan fingerprint density at radius 3 is 3.06 bits per heavy atom. The van der Waals surface area contributed by atoms with Crippen LogP contribution >= 0.6 is 27.5 Å². The molecule has 0 aromatic carbocycles. The molecule has 18 heavy (non-hydrogen) atoms. The van der Waals surface area contributed by atoms with E-state index in [1.165, 1.54) is 25.6 Å². The van der Waals surface area contributed by atoms with Gasteiger partial charge in [-0.2, -0.15) is 0 Å². The van der Waals surface area contributed by atoms with Gasteiger partial charge in [0.1, 0.15) is 4.47 Å². The summed E-state index contributed by atoms with van der Waals surface area (Å²) in [4.78, 5) is 18.3. The molecule has 100 valence electrons. The number of likely N-dealkylation sites (tertiary alicyclic amines) is 1. The highest BCUT2D eigenvalue weighted by atomic mass is 79.9. The average molecular weight is 335 g/mol. The first-order valence-electron chi connectivity index (χ1n) is 6.20. The average Bonchev–Trinajstić information content (AvgIpc) is 2.37. The molecule has 1 fully saturated rings. The molecule has 1 atom stereocenters. The smallest absolute Gasteiger partial charge is 0.269 e. The van der Waals surface area contributed by atoms with Gasteiger partial charge in [-0.1, -0.05) is 18.0 Å². The third-order valence-electron chi connectivity index (χ3n) is 3.56. The van der Waals surface area contributed by atoms with Crippen LogP contribution in [0.1, 0.15) is 25.7 Å². The molecule has 6 heteroatoms. The normalized spacial score (nSPS) is 21.2. The molecular formula is C12H17BrClN3O. The van der Waals surface area contributed by atoms with Crippen molar-refractivity contribution in [3.63, 3.8) is 0 Å². The Hall–Kier alpha value is -0.390. The Morgan fingerprint density at radius 1 is 1.56 bits per heavy atom. The molecule has 1 unspecified atom stereocenters. The third kappa shape index (κ3) is 3.13. The second-order valence-electron chi connectivity index (χ2n) is 4.77. The van der Waals surface area contributed by atoms with Crippen LogP contribution in [-0.4, -0.2) is 34.1 Å². The van der Waals surface area contributed by atoms with E-state index >= 15 is 0 Å². The first-order valence-corrected chi connectivity index (χ1v) is 7.37. The van der Waals surface area contributed by atoms with E-state index in [0.29, 0.717) is 17.1 Å². The fraction of sp³-hybridized carbons (Fsp3) is 0.667. The second kappa shape index (κ2) is 6.17. The van der Waals surface area contributed by atoms with Crippen molar-refractivity contribution in [2.75, 3.05) is 13.6 Å². The quantitative estimate of drug-likeness (QED) is 0.797. The Labute approximate surface area is 120 Å². The fourth-order valence-corrected chi connectivity index (χ4v) is 2.85. The molecule has 1 aromatic rings. The van der Waals surface area contributed by atoms with Gasteiger partial charge in [0, 0.05) is 12.6 Å². The lowest BCUT2D eigenvalue weighted by atomic mass is 10.0. The van der Waals surface area contributed by atoms with Crippen molar-refractivity contribution in [3.05, 3.63) is 26.3 Å². The van der Waals surface area contributed by atoms with Crippen LogP contribution in [0.3, 0.4) is 0 Å². The van der Waals surface area contributed by atoms with Crippen molar-refractivity contribution < 1.29 is 0 Å². The van der Waals surface area contributed by atoms with Gasteiger partial charge in [-0.25, -0.2) is 4.98 Å². The largest absolute Gasteiger partial charge is 0.303 e. The van der Waals surface area contributed by atoms with Gasteiger partial charge >= 0.3 is 0 Å². The Kier molecular flexibility index (Phi) is 4.81. The summed E-state index contributed by atoms with van der Waals surface area (Å²) in [6.07, 6.45) is 6.28. The van der Waals surface area contributed by atoms with Gasteiger partial charge in [-0.3, -0.25) is 9.36 Å². The van der Waals surface area contributed by atoms with Crippen LogP contribution in [0.5, 0.6) is 0 Å². The number of hydrogen-bond acceptors (Lipinski definition) is 3. The standard InChI is InChI=1S/C12H17BrClN3O/c1-16-6-3-2-4-9(16)5-7-17-8-15-11(14)10(13)12(17)18/h8-9H,2-7H2,1H3. The van der Waals surface area contributed by atoms with Crippen LogP contribution in [0.25, 0.3) is 0 Å². The molecule has 0 saturated carbocycles. The highest BCUT2D eigenvalue weighted by Gasteiger charge is 2.18. The van der Waals surface area contributed by atoms with E-state index in [1.54, 1.807) is 4.57 Å². The van der Waals surface area contributed by atoms with Crippen molar-refractivity contribution in [1.82, 2.24) is 14.5 Å². The van der Waals surface area contributed by atoms with E-state index in [1.807, 2.05) is 0 Å². The Bertz CT molecular complexity index is 477. The predicted octanol–water partition coefficient (Wildman–Crippen LogP) is 2.53. The molecule has 1 aromatic heterocycles. The Morgan fingerprint density at radius 2 is 2.33 bits per heavy atom. The van der Waals surface area contributed by atoms with Gasteiger partial charge in [0.2, 0.25) is 0 Å². The zero-order valence-corrected chi connectivity index (χ0v) is 12.7. The summed E-state index contributed by atoms with van der Waals surface area (Å²) < 4.78 is 1.97. The molecule has 0 N–H and O–H groups in total. The van der Waals surface area contributed by atoms with Crippen molar-refractivity contribution in [1.29, 1.82) is 0 Å². The van der Waals surface area contributed by atoms with Crippen LogP contribution in [-0.2, 0) is 6.54 Å². The molecule has 1 saturated heterocycles. The third-order valence-corrected chi connectivity index (χ3v) is 4.79. The van der Waals surface area contributed by atoms with Crippen LogP contribution in [0.2, 0.25) is 5.15 Å². The summed E-state index contributed by atoms with van der Waals surface area (Å²) in [5.41, 5.74) is -0.103. The minimum atomic E-state index is -0.103. The number of hydrogen-bond donors (Lipinski definition) is 0. The maximum atomic E-state index is 11.9. The van der Waals surface area contributed by atoms with Crippen LogP contribution in [0.15, 0.2) is 15.6 Å². The van der Waals surface area contributed by atoms with E-state index in [0.717, 1.165) is 13.0 Å². The number of nitrogens with zero attached hydrogens (tertiary/aromatic N) is 3. The summed E-state index contributed by atoms with van der Waals surface area (Å²) in [6, 6.07) is 0.570. The topological polar surface area (TPSA) is 38.1 Å². The summed E-state index contributed by atoms with van der Waals surface area (Å²) in [6.45, 7) is 1.85. The molecule has 0 spiro atoms. The summed E-state index contributed by atoms with van der Waals surface area (Å²) in [5.74, 6) is 0. The van der Waals surface area contributed by atoms with Gasteiger partial charge < -0.3 is 4.90 Å². The van der Waals surface area contributed by atoms with Gasteiger partial charge in [-0.05, 0) is 48.8 Å². The summed E-state index contributed by atoms with van der Waals surface area (Å²) in [5, 5.41) is 0.228. The lowest BCUT2D eigenvalue weighted by Gasteiger charge is -2.32. The molecule has 2 heterocycles. The lowest BCUT2D eigenvalue weighted by molar-refractivity contribution is 0.170. The number of aromatic nitrogens is 2. The maximum Gasteiger partial charge on any atom is 0.269 e. The second-order valence-corrected chi connectivity index (χ2v) is 5.92. The van der Waals surface area contributed by atoms with Crippen molar-refractivity contribution in [2.45, 2.75) is 38.3 Å². The molecule has 1 aliphatic rings. The van der Waals surface area contributed by atoms with E-state index in [9.17, 15) is 4.79 Å². The Balaban J connectivity index is 2.02. The van der Waals surface area contributed by atoms with Gasteiger partial charge in [0.15, 0.2) is 5.15 Å².